The van der Waals surface area contributed by atoms with Gasteiger partial charge in [-0.2, -0.15) is 0 Å². The molecule has 0 saturated carbocycles. The van der Waals surface area contributed by atoms with Gasteiger partial charge in [-0.3, -0.25) is 9.59 Å². The third-order valence-corrected chi connectivity index (χ3v) is 5.94. The topological polar surface area (TPSA) is 81.8 Å². The van der Waals surface area contributed by atoms with Crippen LogP contribution in [0.25, 0.3) is 0 Å². The molecular formula is C23H34N4O3. The fourth-order valence-corrected chi connectivity index (χ4v) is 4.31. The molecule has 2 N–H and O–H groups in total. The van der Waals surface area contributed by atoms with E-state index >= 15 is 0 Å². The monoisotopic (exact) mass is 414 g/mol. The number of hydrogen-bond acceptors (Lipinski definition) is 3. The van der Waals surface area contributed by atoms with E-state index in [2.05, 4.69) is 10.6 Å². The van der Waals surface area contributed by atoms with Crippen LogP contribution >= 0.6 is 0 Å². The molecule has 1 atom stereocenters. The molecule has 1 aromatic carbocycles. The van der Waals surface area contributed by atoms with Crippen LogP contribution in [0.4, 0.5) is 10.5 Å². The summed E-state index contributed by atoms with van der Waals surface area (Å²) in [5, 5.41) is 5.91. The molecule has 0 spiro atoms. The van der Waals surface area contributed by atoms with Crippen LogP contribution in [0, 0.1) is 18.8 Å². The molecule has 7 nitrogen and oxygen atoms in total. The number of amides is 4. The summed E-state index contributed by atoms with van der Waals surface area (Å²) in [6.07, 6.45) is 3.04. The molecule has 0 bridgehead atoms. The normalized spacial score (nSPS) is 20.2. The minimum atomic E-state index is -0.164. The van der Waals surface area contributed by atoms with Crippen LogP contribution in [-0.4, -0.2) is 59.9 Å². The second-order valence-corrected chi connectivity index (χ2v) is 8.85. The first-order chi connectivity index (χ1) is 14.3. The molecule has 2 aliphatic heterocycles. The zero-order valence-corrected chi connectivity index (χ0v) is 18.3. The highest BCUT2D eigenvalue weighted by Crippen LogP contribution is 2.24. The van der Waals surface area contributed by atoms with Gasteiger partial charge in [0.25, 0.3) is 0 Å². The van der Waals surface area contributed by atoms with Crippen LogP contribution in [0.2, 0.25) is 0 Å². The van der Waals surface area contributed by atoms with E-state index in [0.717, 1.165) is 24.1 Å². The van der Waals surface area contributed by atoms with Gasteiger partial charge >= 0.3 is 6.03 Å². The minimum absolute atomic E-state index is 0.0144. The Morgan fingerprint density at radius 1 is 1.00 bits per heavy atom. The van der Waals surface area contributed by atoms with Crippen molar-refractivity contribution in [1.29, 1.82) is 0 Å². The lowest BCUT2D eigenvalue weighted by atomic mass is 9.92. The second-order valence-electron chi connectivity index (χ2n) is 8.85. The standard InChI is InChI=1S/C23H34N4O3/c1-16(2)24-21(28)18-9-12-26(13-10-18)22(29)19-7-5-11-27(15-19)23(30)25-20-8-4-6-17(3)14-20/h4,6,8,14,16,18-19H,5,7,9-13,15H2,1-3H3,(H,24,28)(H,25,30). The Kier molecular flexibility index (Phi) is 7.34. The Hall–Kier alpha value is -2.57. The molecule has 0 aliphatic carbocycles. The van der Waals surface area contributed by atoms with Crippen LogP contribution in [0.1, 0.15) is 45.1 Å². The lowest BCUT2D eigenvalue weighted by molar-refractivity contribution is -0.140. The zero-order chi connectivity index (χ0) is 21.7. The third kappa shape index (κ3) is 5.74. The molecule has 1 unspecified atom stereocenters. The average molecular weight is 415 g/mol. The summed E-state index contributed by atoms with van der Waals surface area (Å²) in [6, 6.07) is 7.69. The smallest absolute Gasteiger partial charge is 0.321 e. The lowest BCUT2D eigenvalue weighted by Gasteiger charge is -2.37. The quantitative estimate of drug-likeness (QED) is 0.795. The van der Waals surface area contributed by atoms with E-state index in [9.17, 15) is 14.4 Å². The van der Waals surface area contributed by atoms with Gasteiger partial charge in [0.2, 0.25) is 11.8 Å². The van der Waals surface area contributed by atoms with Gasteiger partial charge in [-0.1, -0.05) is 12.1 Å². The molecule has 7 heteroatoms. The minimum Gasteiger partial charge on any atom is -0.354 e. The molecule has 4 amide bonds. The predicted molar refractivity (Wildman–Crippen MR) is 117 cm³/mol. The summed E-state index contributed by atoms with van der Waals surface area (Å²) in [7, 11) is 0. The van der Waals surface area contributed by atoms with Crippen LogP contribution < -0.4 is 10.6 Å². The zero-order valence-electron chi connectivity index (χ0n) is 18.3. The molecule has 164 valence electrons. The van der Waals surface area contributed by atoms with Crippen molar-refractivity contribution >= 4 is 23.5 Å². The molecule has 2 fully saturated rings. The number of nitrogens with one attached hydrogen (secondary N) is 2. The Bertz CT molecular complexity index is 771. The van der Waals surface area contributed by atoms with Crippen LogP contribution in [0.15, 0.2) is 24.3 Å². The fourth-order valence-electron chi connectivity index (χ4n) is 4.31. The number of urea groups is 1. The van der Waals surface area contributed by atoms with E-state index in [4.69, 9.17) is 0 Å². The first kappa shape index (κ1) is 22.1. The molecular weight excluding hydrogens is 380 g/mol. The molecule has 3 rings (SSSR count). The number of carbonyl (C=O) groups is 3. The van der Waals surface area contributed by atoms with Crippen LogP contribution in [-0.2, 0) is 9.59 Å². The highest BCUT2D eigenvalue weighted by Gasteiger charge is 2.34. The molecule has 0 radical (unpaired) electrons. The summed E-state index contributed by atoms with van der Waals surface area (Å²) in [4.78, 5) is 41.6. The summed E-state index contributed by atoms with van der Waals surface area (Å²) in [5.74, 6) is 0.0296. The highest BCUT2D eigenvalue weighted by molar-refractivity contribution is 5.90. The Morgan fingerprint density at radius 3 is 2.40 bits per heavy atom. The van der Waals surface area contributed by atoms with E-state index in [1.165, 1.54) is 0 Å². The first-order valence-corrected chi connectivity index (χ1v) is 11.0. The SMILES string of the molecule is Cc1cccc(NC(=O)N2CCCC(C(=O)N3CCC(C(=O)NC(C)C)CC3)C2)c1. The number of benzene rings is 1. The molecule has 30 heavy (non-hydrogen) atoms. The van der Waals surface area contributed by atoms with Crippen molar-refractivity contribution in [2.24, 2.45) is 11.8 Å². The summed E-state index contributed by atoms with van der Waals surface area (Å²) >= 11 is 0. The van der Waals surface area contributed by atoms with Crippen molar-refractivity contribution in [3.63, 3.8) is 0 Å². The molecule has 2 aliphatic rings. The second kappa shape index (κ2) is 9.96. The van der Waals surface area contributed by atoms with Crippen molar-refractivity contribution in [1.82, 2.24) is 15.1 Å². The first-order valence-electron chi connectivity index (χ1n) is 11.0. The Labute approximate surface area is 179 Å². The van der Waals surface area contributed by atoms with E-state index in [1.54, 1.807) is 4.90 Å². The van der Waals surface area contributed by atoms with E-state index in [1.807, 2.05) is 49.9 Å². The van der Waals surface area contributed by atoms with E-state index < -0.39 is 0 Å². The number of hydrogen-bond donors (Lipinski definition) is 2. The number of anilines is 1. The van der Waals surface area contributed by atoms with Crippen LogP contribution in [0.5, 0.6) is 0 Å². The van der Waals surface area contributed by atoms with Gasteiger partial charge < -0.3 is 20.4 Å². The molecule has 0 aromatic heterocycles. The molecule has 2 saturated heterocycles. The van der Waals surface area contributed by atoms with E-state index in [-0.39, 0.29) is 35.7 Å². The fraction of sp³-hybridized carbons (Fsp3) is 0.609. The van der Waals surface area contributed by atoms with Gasteiger partial charge in [0.1, 0.15) is 0 Å². The van der Waals surface area contributed by atoms with Crippen molar-refractivity contribution in [2.75, 3.05) is 31.5 Å². The Balaban J connectivity index is 1.51. The number of carbonyl (C=O) groups excluding carboxylic acids is 3. The van der Waals surface area contributed by atoms with Gasteiger partial charge in [0.15, 0.2) is 0 Å². The van der Waals surface area contributed by atoms with Gasteiger partial charge in [-0.15, -0.1) is 0 Å². The van der Waals surface area contributed by atoms with Gasteiger partial charge in [0, 0.05) is 43.8 Å². The number of nitrogens with zero attached hydrogens (tertiary/aromatic N) is 2. The summed E-state index contributed by atoms with van der Waals surface area (Å²) in [6.45, 7) is 8.24. The summed E-state index contributed by atoms with van der Waals surface area (Å²) in [5.41, 5.74) is 1.86. The maximum atomic E-state index is 13.0. The van der Waals surface area contributed by atoms with Crippen molar-refractivity contribution in [3.8, 4) is 0 Å². The molecule has 2 heterocycles. The third-order valence-electron chi connectivity index (χ3n) is 5.94. The average Bonchev–Trinajstić information content (AvgIpc) is 2.73. The van der Waals surface area contributed by atoms with Crippen molar-refractivity contribution < 1.29 is 14.4 Å². The predicted octanol–water partition coefficient (Wildman–Crippen LogP) is 3.00. The van der Waals surface area contributed by atoms with Crippen molar-refractivity contribution in [3.05, 3.63) is 29.8 Å². The van der Waals surface area contributed by atoms with Gasteiger partial charge in [0.05, 0.1) is 5.92 Å². The number of rotatable bonds is 4. The van der Waals surface area contributed by atoms with Gasteiger partial charge in [-0.25, -0.2) is 4.79 Å². The summed E-state index contributed by atoms with van der Waals surface area (Å²) < 4.78 is 0. The number of aryl methyl sites for hydroxylation is 1. The lowest BCUT2D eigenvalue weighted by Crippen LogP contribution is -2.50. The molecule has 1 aromatic rings. The van der Waals surface area contributed by atoms with Crippen LogP contribution in [0.3, 0.4) is 0 Å². The maximum Gasteiger partial charge on any atom is 0.321 e. The number of piperidine rings is 2. The van der Waals surface area contributed by atoms with Crippen molar-refractivity contribution in [2.45, 2.75) is 52.5 Å². The van der Waals surface area contributed by atoms with E-state index in [0.29, 0.717) is 39.0 Å². The number of likely N-dealkylation sites (tertiary alicyclic amines) is 2. The van der Waals surface area contributed by atoms with Gasteiger partial charge in [-0.05, 0) is 64.2 Å². The maximum absolute atomic E-state index is 13.0. The Morgan fingerprint density at radius 2 is 1.73 bits per heavy atom. The largest absolute Gasteiger partial charge is 0.354 e. The highest BCUT2D eigenvalue weighted by atomic mass is 16.2.